The average molecular weight is 299 g/mol. The van der Waals surface area contributed by atoms with Crippen LogP contribution in [0.15, 0.2) is 54.6 Å². The number of carbonyl (C=O) groups is 2. The zero-order chi connectivity index (χ0) is 15.9. The highest BCUT2D eigenvalue weighted by Gasteiger charge is 2.13. The third-order valence-electron chi connectivity index (χ3n) is 2.85. The second kappa shape index (κ2) is 7.12. The van der Waals surface area contributed by atoms with Crippen molar-refractivity contribution in [2.24, 2.45) is 5.73 Å². The van der Waals surface area contributed by atoms with Gasteiger partial charge in [0.05, 0.1) is 0 Å². The van der Waals surface area contributed by atoms with Crippen LogP contribution in [0.1, 0.15) is 6.92 Å². The van der Waals surface area contributed by atoms with Crippen molar-refractivity contribution in [2.45, 2.75) is 13.0 Å². The molecule has 0 saturated carbocycles. The molecular formula is C16H17N3O3. The molecular weight excluding hydrogens is 282 g/mol. The van der Waals surface area contributed by atoms with Gasteiger partial charge in [0, 0.05) is 5.69 Å². The molecule has 0 aliphatic rings. The molecule has 4 N–H and O–H groups in total. The molecule has 0 heterocycles. The Kier molecular flexibility index (Phi) is 4.98. The first-order valence-corrected chi connectivity index (χ1v) is 6.74. The number of urea groups is 1. The van der Waals surface area contributed by atoms with Crippen LogP contribution in [-0.4, -0.2) is 18.0 Å². The summed E-state index contributed by atoms with van der Waals surface area (Å²) in [5.74, 6) is 1.04. The van der Waals surface area contributed by atoms with E-state index in [1.807, 2.05) is 30.3 Å². The fraction of sp³-hybridized carbons (Fsp3) is 0.125. The molecule has 0 bridgehead atoms. The number of ether oxygens (including phenoxy) is 1. The van der Waals surface area contributed by atoms with Crippen LogP contribution in [0.5, 0.6) is 11.5 Å². The molecule has 22 heavy (non-hydrogen) atoms. The third-order valence-corrected chi connectivity index (χ3v) is 2.85. The molecule has 0 aromatic heterocycles. The lowest BCUT2D eigenvalue weighted by molar-refractivity contribution is -0.117. The number of hydrogen-bond acceptors (Lipinski definition) is 3. The largest absolute Gasteiger partial charge is 0.457 e. The maximum atomic E-state index is 11.8. The predicted molar refractivity (Wildman–Crippen MR) is 83.8 cm³/mol. The maximum absolute atomic E-state index is 11.8. The zero-order valence-electron chi connectivity index (χ0n) is 12.1. The lowest BCUT2D eigenvalue weighted by atomic mass is 10.2. The minimum atomic E-state index is -0.741. The van der Waals surface area contributed by atoms with Crippen molar-refractivity contribution in [1.82, 2.24) is 5.32 Å². The van der Waals surface area contributed by atoms with Crippen molar-refractivity contribution < 1.29 is 14.3 Å². The highest BCUT2D eigenvalue weighted by Crippen LogP contribution is 2.22. The van der Waals surface area contributed by atoms with E-state index in [0.29, 0.717) is 11.4 Å². The summed E-state index contributed by atoms with van der Waals surface area (Å²) in [5.41, 5.74) is 5.57. The second-order valence-electron chi connectivity index (χ2n) is 4.66. The summed E-state index contributed by atoms with van der Waals surface area (Å²) < 4.78 is 5.65. The monoisotopic (exact) mass is 299 g/mol. The Balaban J connectivity index is 1.94. The minimum Gasteiger partial charge on any atom is -0.457 e. The molecule has 0 spiro atoms. The molecule has 1 atom stereocenters. The van der Waals surface area contributed by atoms with Crippen LogP contribution in [0.2, 0.25) is 0 Å². The van der Waals surface area contributed by atoms with Crippen molar-refractivity contribution >= 4 is 17.6 Å². The van der Waals surface area contributed by atoms with Crippen molar-refractivity contribution in [2.75, 3.05) is 5.32 Å². The fourth-order valence-corrected chi connectivity index (χ4v) is 1.76. The Morgan fingerprint density at radius 1 is 1.00 bits per heavy atom. The van der Waals surface area contributed by atoms with E-state index in [0.717, 1.165) is 5.75 Å². The molecule has 6 heteroatoms. The van der Waals surface area contributed by atoms with Crippen molar-refractivity contribution in [3.63, 3.8) is 0 Å². The number of hydrogen-bond donors (Lipinski definition) is 3. The van der Waals surface area contributed by atoms with Crippen molar-refractivity contribution in [1.29, 1.82) is 0 Å². The first-order chi connectivity index (χ1) is 10.5. The van der Waals surface area contributed by atoms with Gasteiger partial charge in [-0.2, -0.15) is 0 Å². The van der Waals surface area contributed by atoms with Crippen LogP contribution in [0.4, 0.5) is 10.5 Å². The molecule has 0 fully saturated rings. The summed E-state index contributed by atoms with van der Waals surface area (Å²) in [5, 5.41) is 4.98. The number of para-hydroxylation sites is 1. The average Bonchev–Trinajstić information content (AvgIpc) is 2.49. The SMILES string of the molecule is C[C@@H](NC(N)=O)C(=O)Nc1ccc(Oc2ccccc2)cc1. The summed E-state index contributed by atoms with van der Waals surface area (Å²) in [6.07, 6.45) is 0. The third kappa shape index (κ3) is 4.52. The molecule has 0 saturated heterocycles. The number of anilines is 1. The first-order valence-electron chi connectivity index (χ1n) is 6.74. The number of primary amides is 1. The standard InChI is InChI=1S/C16H17N3O3/c1-11(18-16(17)21)15(20)19-12-7-9-14(10-8-12)22-13-5-3-2-4-6-13/h2-11H,1H3,(H,19,20)(H3,17,18,21)/t11-/m1/s1. The van der Waals surface area contributed by atoms with Crippen LogP contribution >= 0.6 is 0 Å². The van der Waals surface area contributed by atoms with Gasteiger partial charge in [-0.3, -0.25) is 4.79 Å². The smallest absolute Gasteiger partial charge is 0.312 e. The van der Waals surface area contributed by atoms with Gasteiger partial charge in [0.25, 0.3) is 0 Å². The van der Waals surface area contributed by atoms with E-state index in [9.17, 15) is 9.59 Å². The minimum absolute atomic E-state index is 0.351. The van der Waals surface area contributed by atoms with E-state index in [4.69, 9.17) is 10.5 Å². The zero-order valence-corrected chi connectivity index (χ0v) is 12.1. The molecule has 0 radical (unpaired) electrons. The second-order valence-corrected chi connectivity index (χ2v) is 4.66. The van der Waals surface area contributed by atoms with Crippen LogP contribution in [-0.2, 0) is 4.79 Å². The topological polar surface area (TPSA) is 93.5 Å². The van der Waals surface area contributed by atoms with Gasteiger partial charge in [-0.25, -0.2) is 4.79 Å². The summed E-state index contributed by atoms with van der Waals surface area (Å²) >= 11 is 0. The maximum Gasteiger partial charge on any atom is 0.312 e. The van der Waals surface area contributed by atoms with E-state index >= 15 is 0 Å². The van der Waals surface area contributed by atoms with Crippen molar-refractivity contribution in [3.05, 3.63) is 54.6 Å². The summed E-state index contributed by atoms with van der Waals surface area (Å²) in [6.45, 7) is 1.55. The molecule has 0 unspecified atom stereocenters. The highest BCUT2D eigenvalue weighted by molar-refractivity contribution is 5.96. The first kappa shape index (κ1) is 15.4. The van der Waals surface area contributed by atoms with Crippen LogP contribution in [0, 0.1) is 0 Å². The Hall–Kier alpha value is -3.02. The van der Waals surface area contributed by atoms with Crippen LogP contribution < -0.4 is 21.1 Å². The number of nitrogens with one attached hydrogen (secondary N) is 2. The Labute approximate surface area is 128 Å². The number of rotatable bonds is 5. The molecule has 2 rings (SSSR count). The predicted octanol–water partition coefficient (Wildman–Crippen LogP) is 2.47. The van der Waals surface area contributed by atoms with Gasteiger partial charge < -0.3 is 21.1 Å². The van der Waals surface area contributed by atoms with Gasteiger partial charge >= 0.3 is 6.03 Å². The lowest BCUT2D eigenvalue weighted by Gasteiger charge is -2.13. The van der Waals surface area contributed by atoms with E-state index < -0.39 is 12.1 Å². The van der Waals surface area contributed by atoms with E-state index in [2.05, 4.69) is 10.6 Å². The van der Waals surface area contributed by atoms with Gasteiger partial charge in [-0.1, -0.05) is 18.2 Å². The lowest BCUT2D eigenvalue weighted by Crippen LogP contribution is -2.44. The molecule has 2 aromatic rings. The van der Waals surface area contributed by atoms with Gasteiger partial charge in [-0.05, 0) is 43.3 Å². The molecule has 114 valence electrons. The van der Waals surface area contributed by atoms with E-state index in [1.165, 1.54) is 0 Å². The Bertz CT molecular complexity index is 641. The van der Waals surface area contributed by atoms with Gasteiger partial charge in [0.15, 0.2) is 0 Å². The van der Waals surface area contributed by atoms with Crippen LogP contribution in [0.3, 0.4) is 0 Å². The number of carbonyl (C=O) groups excluding carboxylic acids is 2. The fourth-order valence-electron chi connectivity index (χ4n) is 1.76. The van der Waals surface area contributed by atoms with Gasteiger partial charge in [0.2, 0.25) is 5.91 Å². The molecule has 3 amide bonds. The molecule has 0 aliphatic carbocycles. The summed E-state index contributed by atoms with van der Waals surface area (Å²) in [4.78, 5) is 22.5. The van der Waals surface area contributed by atoms with Gasteiger partial charge in [0.1, 0.15) is 17.5 Å². The molecule has 6 nitrogen and oxygen atoms in total. The van der Waals surface area contributed by atoms with Crippen LogP contribution in [0.25, 0.3) is 0 Å². The normalized spacial score (nSPS) is 11.3. The van der Waals surface area contributed by atoms with Crippen molar-refractivity contribution in [3.8, 4) is 11.5 Å². The van der Waals surface area contributed by atoms with Gasteiger partial charge in [-0.15, -0.1) is 0 Å². The summed E-state index contributed by atoms with van der Waals surface area (Å²) in [6, 6.07) is 14.9. The summed E-state index contributed by atoms with van der Waals surface area (Å²) in [7, 11) is 0. The molecule has 0 aliphatic heterocycles. The Morgan fingerprint density at radius 3 is 2.18 bits per heavy atom. The molecule has 2 aromatic carbocycles. The highest BCUT2D eigenvalue weighted by atomic mass is 16.5. The Morgan fingerprint density at radius 2 is 1.59 bits per heavy atom. The number of benzene rings is 2. The van der Waals surface area contributed by atoms with E-state index in [-0.39, 0.29) is 5.91 Å². The number of amides is 3. The quantitative estimate of drug-likeness (QED) is 0.791. The van der Waals surface area contributed by atoms with E-state index in [1.54, 1.807) is 31.2 Å². The number of nitrogens with two attached hydrogens (primary N) is 1.